The molecule has 1 heterocycles. The third kappa shape index (κ3) is 3.89. The Balaban J connectivity index is 1.88. The van der Waals surface area contributed by atoms with Gasteiger partial charge in [0.05, 0.1) is 5.92 Å². The predicted molar refractivity (Wildman–Crippen MR) is 81.1 cm³/mol. The van der Waals surface area contributed by atoms with E-state index in [0.29, 0.717) is 19.5 Å². The van der Waals surface area contributed by atoms with Gasteiger partial charge in [0.25, 0.3) is 0 Å². The van der Waals surface area contributed by atoms with Crippen LogP contribution in [0.25, 0.3) is 0 Å². The minimum absolute atomic E-state index is 0.0903. The molecule has 5 heteroatoms. The van der Waals surface area contributed by atoms with Gasteiger partial charge in [-0.25, -0.2) is 4.79 Å². The molecule has 0 radical (unpaired) electrons. The van der Waals surface area contributed by atoms with E-state index in [1.807, 2.05) is 6.92 Å². The standard InChI is InChI=1S/C16H28N2O3/c1-3-16(6-4-5-7-16)11-17-15(21)18-9-12(2)8-13(10-18)14(19)20/h12-13H,3-11H2,1-2H3,(H,17,21)(H,19,20). The Hall–Kier alpha value is -1.26. The number of carboxylic acid groups (broad SMARTS) is 1. The van der Waals surface area contributed by atoms with E-state index in [-0.39, 0.29) is 17.4 Å². The van der Waals surface area contributed by atoms with Crippen LogP contribution in [0, 0.1) is 17.3 Å². The molecular formula is C16H28N2O3. The molecular weight excluding hydrogens is 268 g/mol. The van der Waals surface area contributed by atoms with Gasteiger partial charge in [0, 0.05) is 19.6 Å². The van der Waals surface area contributed by atoms with Gasteiger partial charge in [0.15, 0.2) is 0 Å². The Morgan fingerprint density at radius 2 is 1.95 bits per heavy atom. The Bertz CT molecular complexity index is 391. The molecule has 1 aliphatic heterocycles. The van der Waals surface area contributed by atoms with Crippen LogP contribution >= 0.6 is 0 Å². The molecule has 0 bridgehead atoms. The highest BCUT2D eigenvalue weighted by molar-refractivity contribution is 5.76. The van der Waals surface area contributed by atoms with Crippen LogP contribution < -0.4 is 5.32 Å². The maximum atomic E-state index is 12.3. The van der Waals surface area contributed by atoms with E-state index in [0.717, 1.165) is 13.0 Å². The quantitative estimate of drug-likeness (QED) is 0.838. The van der Waals surface area contributed by atoms with Crippen LogP contribution in [0.5, 0.6) is 0 Å². The first-order chi connectivity index (χ1) is 9.96. The van der Waals surface area contributed by atoms with Crippen molar-refractivity contribution >= 4 is 12.0 Å². The molecule has 2 aliphatic rings. The molecule has 2 rings (SSSR count). The summed E-state index contributed by atoms with van der Waals surface area (Å²) in [4.78, 5) is 25.2. The summed E-state index contributed by atoms with van der Waals surface area (Å²) in [5.41, 5.74) is 0.267. The number of hydrogen-bond donors (Lipinski definition) is 2. The smallest absolute Gasteiger partial charge is 0.317 e. The van der Waals surface area contributed by atoms with E-state index >= 15 is 0 Å². The second-order valence-electron chi connectivity index (χ2n) is 7.00. The van der Waals surface area contributed by atoms with Crippen LogP contribution in [-0.4, -0.2) is 41.6 Å². The number of nitrogens with zero attached hydrogens (tertiary/aromatic N) is 1. The largest absolute Gasteiger partial charge is 0.481 e. The summed E-state index contributed by atoms with van der Waals surface area (Å²) < 4.78 is 0. The molecule has 0 spiro atoms. The highest BCUT2D eigenvalue weighted by Crippen LogP contribution is 2.40. The zero-order valence-electron chi connectivity index (χ0n) is 13.2. The average Bonchev–Trinajstić information content (AvgIpc) is 2.93. The average molecular weight is 296 g/mol. The maximum Gasteiger partial charge on any atom is 0.317 e. The number of nitrogens with one attached hydrogen (secondary N) is 1. The SMILES string of the molecule is CCC1(CNC(=O)N2CC(C)CC(C(=O)O)C2)CCCC1. The molecule has 1 saturated carbocycles. The second kappa shape index (κ2) is 6.67. The van der Waals surface area contributed by atoms with E-state index in [1.54, 1.807) is 4.90 Å². The molecule has 21 heavy (non-hydrogen) atoms. The fourth-order valence-electron chi connectivity index (χ4n) is 3.85. The molecule has 1 aliphatic carbocycles. The third-order valence-electron chi connectivity index (χ3n) is 5.33. The lowest BCUT2D eigenvalue weighted by atomic mass is 9.83. The lowest BCUT2D eigenvalue weighted by Crippen LogP contribution is -2.51. The van der Waals surface area contributed by atoms with Crippen molar-refractivity contribution in [1.82, 2.24) is 10.2 Å². The minimum atomic E-state index is -0.792. The van der Waals surface area contributed by atoms with Gasteiger partial charge in [-0.1, -0.05) is 26.7 Å². The number of likely N-dealkylation sites (tertiary alicyclic amines) is 1. The highest BCUT2D eigenvalue weighted by Gasteiger charge is 2.35. The molecule has 2 fully saturated rings. The number of aliphatic carboxylic acids is 1. The zero-order valence-corrected chi connectivity index (χ0v) is 13.2. The van der Waals surface area contributed by atoms with E-state index in [9.17, 15) is 14.7 Å². The number of piperidine rings is 1. The van der Waals surface area contributed by atoms with Gasteiger partial charge in [0.2, 0.25) is 0 Å². The maximum absolute atomic E-state index is 12.3. The summed E-state index contributed by atoms with van der Waals surface area (Å²) in [5, 5.41) is 12.2. The van der Waals surface area contributed by atoms with Crippen LogP contribution in [0.3, 0.4) is 0 Å². The fourth-order valence-corrected chi connectivity index (χ4v) is 3.85. The van der Waals surface area contributed by atoms with Gasteiger partial charge < -0.3 is 15.3 Å². The minimum Gasteiger partial charge on any atom is -0.481 e. The molecule has 2 unspecified atom stereocenters. The number of amides is 2. The zero-order chi connectivity index (χ0) is 15.5. The van der Waals surface area contributed by atoms with Gasteiger partial charge in [0.1, 0.15) is 0 Å². The molecule has 0 aromatic carbocycles. The van der Waals surface area contributed by atoms with Gasteiger partial charge in [-0.15, -0.1) is 0 Å². The first-order valence-electron chi connectivity index (χ1n) is 8.21. The summed E-state index contributed by atoms with van der Waals surface area (Å²) >= 11 is 0. The van der Waals surface area contributed by atoms with Crippen molar-refractivity contribution in [2.24, 2.45) is 17.3 Å². The van der Waals surface area contributed by atoms with Crippen LogP contribution in [0.1, 0.15) is 52.4 Å². The molecule has 120 valence electrons. The molecule has 1 saturated heterocycles. The predicted octanol–water partition coefficient (Wildman–Crippen LogP) is 2.71. The number of urea groups is 1. The first kappa shape index (κ1) is 16.1. The molecule has 2 atom stereocenters. The van der Waals surface area contributed by atoms with E-state index in [4.69, 9.17) is 0 Å². The normalized spacial score (nSPS) is 28.4. The summed E-state index contributed by atoms with van der Waals surface area (Å²) in [6.45, 7) is 5.94. The first-order valence-corrected chi connectivity index (χ1v) is 8.21. The van der Waals surface area contributed by atoms with Crippen LogP contribution in [0.2, 0.25) is 0 Å². The van der Waals surface area contributed by atoms with Crippen molar-refractivity contribution in [3.8, 4) is 0 Å². The van der Waals surface area contributed by atoms with Crippen molar-refractivity contribution in [2.45, 2.75) is 52.4 Å². The van der Waals surface area contributed by atoms with E-state index in [2.05, 4.69) is 12.2 Å². The molecule has 2 amide bonds. The number of carboxylic acids is 1. The van der Waals surface area contributed by atoms with Crippen LogP contribution in [0.4, 0.5) is 4.79 Å². The Labute approximate surface area is 127 Å². The number of hydrogen-bond acceptors (Lipinski definition) is 2. The number of carbonyl (C=O) groups excluding carboxylic acids is 1. The Morgan fingerprint density at radius 3 is 2.52 bits per heavy atom. The van der Waals surface area contributed by atoms with Crippen molar-refractivity contribution in [3.63, 3.8) is 0 Å². The second-order valence-corrected chi connectivity index (χ2v) is 7.00. The topological polar surface area (TPSA) is 69.6 Å². The molecule has 0 aromatic heterocycles. The van der Waals surface area contributed by atoms with Gasteiger partial charge in [-0.2, -0.15) is 0 Å². The summed E-state index contributed by atoms with van der Waals surface area (Å²) in [7, 11) is 0. The monoisotopic (exact) mass is 296 g/mol. The van der Waals surface area contributed by atoms with Crippen molar-refractivity contribution < 1.29 is 14.7 Å². The third-order valence-corrected chi connectivity index (χ3v) is 5.33. The van der Waals surface area contributed by atoms with Crippen molar-refractivity contribution in [3.05, 3.63) is 0 Å². The summed E-state index contributed by atoms with van der Waals surface area (Å²) in [6, 6.07) is -0.0903. The summed E-state index contributed by atoms with van der Waals surface area (Å²) in [5.74, 6) is -0.969. The lowest BCUT2D eigenvalue weighted by molar-refractivity contribution is -0.143. The summed E-state index contributed by atoms with van der Waals surface area (Å²) in [6.07, 6.45) is 6.66. The van der Waals surface area contributed by atoms with Gasteiger partial charge in [-0.3, -0.25) is 4.79 Å². The van der Waals surface area contributed by atoms with Gasteiger partial charge in [-0.05, 0) is 37.0 Å². The van der Waals surface area contributed by atoms with E-state index in [1.165, 1.54) is 25.7 Å². The van der Waals surface area contributed by atoms with E-state index < -0.39 is 11.9 Å². The molecule has 0 aromatic rings. The molecule has 2 N–H and O–H groups in total. The van der Waals surface area contributed by atoms with Crippen molar-refractivity contribution in [1.29, 1.82) is 0 Å². The Morgan fingerprint density at radius 1 is 1.29 bits per heavy atom. The van der Waals surface area contributed by atoms with Crippen LogP contribution in [0.15, 0.2) is 0 Å². The molecule has 5 nitrogen and oxygen atoms in total. The Kier molecular flexibility index (Phi) is 5.12. The fraction of sp³-hybridized carbons (Fsp3) is 0.875. The van der Waals surface area contributed by atoms with Gasteiger partial charge >= 0.3 is 12.0 Å². The lowest BCUT2D eigenvalue weighted by Gasteiger charge is -2.36. The number of carbonyl (C=O) groups is 2. The highest BCUT2D eigenvalue weighted by atomic mass is 16.4. The van der Waals surface area contributed by atoms with Crippen LogP contribution in [-0.2, 0) is 4.79 Å². The van der Waals surface area contributed by atoms with Crippen molar-refractivity contribution in [2.75, 3.05) is 19.6 Å². The number of rotatable bonds is 4.